The molecule has 0 aliphatic carbocycles. The predicted molar refractivity (Wildman–Crippen MR) is 121 cm³/mol. The molecule has 156 valence electrons. The van der Waals surface area contributed by atoms with Crippen LogP contribution in [0.2, 0.25) is 0 Å². The molecule has 0 amide bonds. The molecule has 1 heterocycles. The van der Waals surface area contributed by atoms with Crippen LogP contribution < -0.4 is 0 Å². The summed E-state index contributed by atoms with van der Waals surface area (Å²) in [6, 6.07) is 25.9. The highest BCUT2D eigenvalue weighted by atomic mass is 32.2. The van der Waals surface area contributed by atoms with Gasteiger partial charge in [-0.2, -0.15) is 4.31 Å². The first-order chi connectivity index (χ1) is 14.5. The lowest BCUT2D eigenvalue weighted by atomic mass is 9.92. The summed E-state index contributed by atoms with van der Waals surface area (Å²) >= 11 is 0. The zero-order valence-corrected chi connectivity index (χ0v) is 18.3. The number of piperazine rings is 1. The summed E-state index contributed by atoms with van der Waals surface area (Å²) in [5.74, 6) is 0. The number of hydrogen-bond donors (Lipinski definition) is 0. The van der Waals surface area contributed by atoms with Gasteiger partial charge in [-0.1, -0.05) is 72.3 Å². The Morgan fingerprint density at radius 1 is 0.767 bits per heavy atom. The summed E-state index contributed by atoms with van der Waals surface area (Å²) < 4.78 is 27.6. The molecule has 1 fully saturated rings. The highest BCUT2D eigenvalue weighted by Crippen LogP contribution is 2.33. The Morgan fingerprint density at radius 2 is 1.37 bits per heavy atom. The Morgan fingerprint density at radius 3 is 2.00 bits per heavy atom. The number of hydrogen-bond acceptors (Lipinski definition) is 3. The van der Waals surface area contributed by atoms with E-state index in [1.165, 1.54) is 22.3 Å². The molecule has 1 atom stereocenters. The first kappa shape index (κ1) is 20.8. The van der Waals surface area contributed by atoms with Crippen molar-refractivity contribution in [2.75, 3.05) is 26.2 Å². The van der Waals surface area contributed by atoms with Crippen molar-refractivity contribution >= 4 is 10.0 Å². The molecule has 1 aliphatic rings. The van der Waals surface area contributed by atoms with Gasteiger partial charge in [-0.15, -0.1) is 0 Å². The summed E-state index contributed by atoms with van der Waals surface area (Å²) in [6.07, 6.45) is 0. The lowest BCUT2D eigenvalue weighted by Gasteiger charge is -2.39. The number of rotatable bonds is 5. The van der Waals surface area contributed by atoms with Crippen molar-refractivity contribution in [2.45, 2.75) is 24.8 Å². The van der Waals surface area contributed by atoms with Gasteiger partial charge in [0, 0.05) is 26.2 Å². The number of sulfonamides is 1. The summed E-state index contributed by atoms with van der Waals surface area (Å²) in [6.45, 7) is 6.64. The van der Waals surface area contributed by atoms with Crippen LogP contribution in [0, 0.1) is 13.8 Å². The molecular weight excluding hydrogens is 392 g/mol. The molecule has 0 bridgehead atoms. The average molecular weight is 421 g/mol. The summed E-state index contributed by atoms with van der Waals surface area (Å²) in [7, 11) is -3.45. The molecule has 3 aromatic carbocycles. The van der Waals surface area contributed by atoms with Crippen LogP contribution in [0.4, 0.5) is 0 Å². The minimum Gasteiger partial charge on any atom is -0.290 e. The van der Waals surface area contributed by atoms with Crippen LogP contribution in [-0.4, -0.2) is 43.8 Å². The van der Waals surface area contributed by atoms with Crippen LogP contribution in [0.25, 0.3) is 0 Å². The molecule has 0 spiro atoms. The van der Waals surface area contributed by atoms with Crippen molar-refractivity contribution in [3.8, 4) is 0 Å². The first-order valence-corrected chi connectivity index (χ1v) is 11.8. The van der Waals surface area contributed by atoms with Crippen molar-refractivity contribution in [3.63, 3.8) is 0 Å². The van der Waals surface area contributed by atoms with E-state index in [-0.39, 0.29) is 6.04 Å². The standard InChI is InChI=1S/C25H28N2O2S/c1-20-13-14-21(2)24(19-20)25(22-9-5-3-6-10-22)26-15-17-27(18-16-26)30(28,29)23-11-7-4-8-12-23/h3-14,19,25H,15-18H2,1-2H3. The topological polar surface area (TPSA) is 40.6 Å². The van der Waals surface area contributed by atoms with Gasteiger partial charge in [-0.25, -0.2) is 8.42 Å². The molecule has 4 rings (SSSR count). The van der Waals surface area contributed by atoms with E-state index in [0.29, 0.717) is 31.1 Å². The molecule has 0 aromatic heterocycles. The van der Waals surface area contributed by atoms with Crippen molar-refractivity contribution < 1.29 is 8.42 Å². The lowest BCUT2D eigenvalue weighted by Crippen LogP contribution is -2.49. The normalized spacial score (nSPS) is 17.0. The molecule has 3 aromatic rings. The molecule has 1 unspecified atom stereocenters. The average Bonchev–Trinajstić information content (AvgIpc) is 2.78. The summed E-state index contributed by atoms with van der Waals surface area (Å²) in [5, 5.41) is 0. The quantitative estimate of drug-likeness (QED) is 0.614. The predicted octanol–water partition coefficient (Wildman–Crippen LogP) is 4.40. The highest BCUT2D eigenvalue weighted by Gasteiger charge is 2.32. The van der Waals surface area contributed by atoms with Crippen molar-refractivity contribution in [3.05, 3.63) is 101 Å². The molecule has 5 heteroatoms. The SMILES string of the molecule is Cc1ccc(C)c(C(c2ccccc2)N2CCN(S(=O)(=O)c3ccccc3)CC2)c1. The molecule has 1 aliphatic heterocycles. The number of benzene rings is 3. The van der Waals surface area contributed by atoms with E-state index < -0.39 is 10.0 Å². The Kier molecular flexibility index (Phi) is 6.04. The zero-order chi connectivity index (χ0) is 21.1. The van der Waals surface area contributed by atoms with Gasteiger partial charge in [0.2, 0.25) is 10.0 Å². The third-order valence-electron chi connectivity index (χ3n) is 5.86. The summed E-state index contributed by atoms with van der Waals surface area (Å²) in [5.41, 5.74) is 5.03. The molecule has 0 radical (unpaired) electrons. The van der Waals surface area contributed by atoms with E-state index >= 15 is 0 Å². The number of nitrogens with zero attached hydrogens (tertiary/aromatic N) is 2. The molecule has 0 N–H and O–H groups in total. The second-order valence-corrected chi connectivity index (χ2v) is 9.86. The second-order valence-electron chi connectivity index (χ2n) is 7.93. The van der Waals surface area contributed by atoms with Gasteiger partial charge in [-0.3, -0.25) is 4.90 Å². The van der Waals surface area contributed by atoms with Crippen LogP contribution in [0.1, 0.15) is 28.3 Å². The van der Waals surface area contributed by atoms with Gasteiger partial charge in [0.15, 0.2) is 0 Å². The van der Waals surface area contributed by atoms with E-state index in [4.69, 9.17) is 0 Å². The first-order valence-electron chi connectivity index (χ1n) is 10.4. The Balaban J connectivity index is 1.61. The monoisotopic (exact) mass is 420 g/mol. The maximum absolute atomic E-state index is 13.0. The minimum atomic E-state index is -3.45. The fourth-order valence-electron chi connectivity index (χ4n) is 4.22. The molecular formula is C25H28N2O2S. The number of aryl methyl sites for hydroxylation is 2. The van der Waals surface area contributed by atoms with Gasteiger partial charge < -0.3 is 0 Å². The Hall–Kier alpha value is -2.47. The fraction of sp³-hybridized carbons (Fsp3) is 0.280. The zero-order valence-electron chi connectivity index (χ0n) is 17.5. The van der Waals surface area contributed by atoms with Crippen LogP contribution in [-0.2, 0) is 10.0 Å². The van der Waals surface area contributed by atoms with Crippen LogP contribution in [0.3, 0.4) is 0 Å². The fourth-order valence-corrected chi connectivity index (χ4v) is 5.66. The maximum Gasteiger partial charge on any atom is 0.243 e. The second kappa shape index (κ2) is 8.72. The third-order valence-corrected chi connectivity index (χ3v) is 7.78. The van der Waals surface area contributed by atoms with E-state index in [1.807, 2.05) is 12.1 Å². The minimum absolute atomic E-state index is 0.118. The van der Waals surface area contributed by atoms with Gasteiger partial charge in [-0.05, 0) is 42.7 Å². The van der Waals surface area contributed by atoms with Crippen molar-refractivity contribution in [2.24, 2.45) is 0 Å². The largest absolute Gasteiger partial charge is 0.290 e. The van der Waals surface area contributed by atoms with E-state index in [9.17, 15) is 8.42 Å². The van der Waals surface area contributed by atoms with E-state index in [1.54, 1.807) is 28.6 Å². The lowest BCUT2D eigenvalue weighted by molar-refractivity contribution is 0.155. The van der Waals surface area contributed by atoms with Gasteiger partial charge in [0.1, 0.15) is 0 Å². The van der Waals surface area contributed by atoms with Gasteiger partial charge >= 0.3 is 0 Å². The van der Waals surface area contributed by atoms with Crippen LogP contribution in [0.5, 0.6) is 0 Å². The van der Waals surface area contributed by atoms with E-state index in [0.717, 1.165) is 0 Å². The van der Waals surface area contributed by atoms with Crippen molar-refractivity contribution in [1.29, 1.82) is 0 Å². The maximum atomic E-state index is 13.0. The van der Waals surface area contributed by atoms with Crippen molar-refractivity contribution in [1.82, 2.24) is 9.21 Å². The van der Waals surface area contributed by atoms with Crippen LogP contribution in [0.15, 0.2) is 83.8 Å². The smallest absolute Gasteiger partial charge is 0.243 e. The van der Waals surface area contributed by atoms with Gasteiger partial charge in [0.05, 0.1) is 10.9 Å². The summed E-state index contributed by atoms with van der Waals surface area (Å²) in [4.78, 5) is 2.78. The highest BCUT2D eigenvalue weighted by molar-refractivity contribution is 7.89. The third kappa shape index (κ3) is 4.19. The molecule has 30 heavy (non-hydrogen) atoms. The van der Waals surface area contributed by atoms with E-state index in [2.05, 4.69) is 61.2 Å². The molecule has 1 saturated heterocycles. The van der Waals surface area contributed by atoms with Gasteiger partial charge in [0.25, 0.3) is 0 Å². The van der Waals surface area contributed by atoms with Crippen LogP contribution >= 0.6 is 0 Å². The Bertz CT molecular complexity index is 1090. The Labute approximate surface area is 179 Å². The molecule has 0 saturated carbocycles. The molecule has 4 nitrogen and oxygen atoms in total.